The summed E-state index contributed by atoms with van der Waals surface area (Å²) in [6, 6.07) is 11.9. The first-order chi connectivity index (χ1) is 12.5. The van der Waals surface area contributed by atoms with Gasteiger partial charge in [-0.2, -0.15) is 0 Å². The molecule has 3 rings (SSSR count). The van der Waals surface area contributed by atoms with Gasteiger partial charge in [-0.3, -0.25) is 0 Å². The van der Waals surface area contributed by atoms with Crippen molar-refractivity contribution in [3.63, 3.8) is 0 Å². The first kappa shape index (κ1) is 18.0. The molecule has 1 aromatic heterocycles. The second-order valence-electron chi connectivity index (χ2n) is 5.23. The van der Waals surface area contributed by atoms with E-state index < -0.39 is 5.97 Å². The molecule has 3 aromatic rings. The van der Waals surface area contributed by atoms with Crippen LogP contribution in [0.5, 0.6) is 17.4 Å². The third-order valence-corrected chi connectivity index (χ3v) is 4.01. The highest BCUT2D eigenvalue weighted by Crippen LogP contribution is 2.33. The Morgan fingerprint density at radius 1 is 1.19 bits per heavy atom. The molecule has 0 radical (unpaired) electrons. The van der Waals surface area contributed by atoms with Gasteiger partial charge in [-0.25, -0.2) is 9.48 Å². The van der Waals surface area contributed by atoms with Gasteiger partial charge in [0.05, 0.1) is 18.7 Å². The summed E-state index contributed by atoms with van der Waals surface area (Å²) in [5.74, 6) is -0.330. The van der Waals surface area contributed by atoms with E-state index in [1.165, 1.54) is 10.7 Å². The van der Waals surface area contributed by atoms with E-state index in [4.69, 9.17) is 32.7 Å². The Morgan fingerprint density at radius 3 is 2.54 bits per heavy atom. The van der Waals surface area contributed by atoms with E-state index in [0.717, 1.165) is 5.56 Å². The largest absolute Gasteiger partial charge is 0.497 e. The van der Waals surface area contributed by atoms with Crippen molar-refractivity contribution in [2.45, 2.75) is 6.54 Å². The molecule has 0 bridgehead atoms. The average Bonchev–Trinajstić information content (AvgIpc) is 3.01. The maximum atomic E-state index is 11.4. The Balaban J connectivity index is 1.94. The van der Waals surface area contributed by atoms with Crippen molar-refractivity contribution < 1.29 is 19.4 Å². The summed E-state index contributed by atoms with van der Waals surface area (Å²) in [5.41, 5.74) is 0.546. The van der Waals surface area contributed by atoms with Crippen LogP contribution in [0.15, 0.2) is 42.5 Å². The van der Waals surface area contributed by atoms with Crippen molar-refractivity contribution in [1.29, 1.82) is 0 Å². The van der Waals surface area contributed by atoms with Crippen molar-refractivity contribution in [3.8, 4) is 17.4 Å². The molecular weight excluding hydrogens is 381 g/mol. The first-order valence-corrected chi connectivity index (χ1v) is 8.16. The molecule has 0 aliphatic heterocycles. The number of aromatic nitrogens is 3. The van der Waals surface area contributed by atoms with Crippen LogP contribution >= 0.6 is 23.2 Å². The highest BCUT2D eigenvalue weighted by molar-refractivity contribution is 6.35. The Hall–Kier alpha value is -2.77. The molecule has 1 N–H and O–H groups in total. The van der Waals surface area contributed by atoms with Crippen LogP contribution in [0.3, 0.4) is 0 Å². The van der Waals surface area contributed by atoms with Gasteiger partial charge in [0.25, 0.3) is 5.88 Å². The smallest absolute Gasteiger partial charge is 0.362 e. The highest BCUT2D eigenvalue weighted by atomic mass is 35.5. The highest BCUT2D eigenvalue weighted by Gasteiger charge is 2.22. The molecule has 26 heavy (non-hydrogen) atoms. The summed E-state index contributed by atoms with van der Waals surface area (Å²) in [4.78, 5) is 11.4. The van der Waals surface area contributed by atoms with Gasteiger partial charge >= 0.3 is 5.97 Å². The van der Waals surface area contributed by atoms with E-state index in [1.807, 2.05) is 12.1 Å². The fourth-order valence-corrected chi connectivity index (χ4v) is 2.66. The molecule has 1 heterocycles. The molecule has 7 nitrogen and oxygen atoms in total. The van der Waals surface area contributed by atoms with Crippen LogP contribution in [-0.4, -0.2) is 33.2 Å². The summed E-state index contributed by atoms with van der Waals surface area (Å²) in [7, 11) is 1.58. The third-order valence-electron chi connectivity index (χ3n) is 3.48. The average molecular weight is 394 g/mol. The molecule has 9 heteroatoms. The van der Waals surface area contributed by atoms with Crippen molar-refractivity contribution in [2.75, 3.05) is 7.11 Å². The van der Waals surface area contributed by atoms with E-state index in [2.05, 4.69) is 10.3 Å². The summed E-state index contributed by atoms with van der Waals surface area (Å²) in [6.07, 6.45) is 0. The number of nitrogens with zero attached hydrogens (tertiary/aromatic N) is 3. The van der Waals surface area contributed by atoms with Crippen LogP contribution in [0.4, 0.5) is 0 Å². The standard InChI is InChI=1S/C17H13Cl2N3O4/c1-25-12-5-2-10(3-6-12)9-22-16(15(17(23)24)20-21-22)26-14-7-4-11(18)8-13(14)19/h2-8H,9H2,1H3,(H,23,24). The predicted octanol–water partition coefficient (Wildman–Crippen LogP) is 4.13. The van der Waals surface area contributed by atoms with Gasteiger partial charge in [0.1, 0.15) is 11.5 Å². The minimum absolute atomic E-state index is 0.0301. The lowest BCUT2D eigenvalue weighted by molar-refractivity contribution is 0.0687. The number of hydrogen-bond acceptors (Lipinski definition) is 5. The summed E-state index contributed by atoms with van der Waals surface area (Å²) >= 11 is 12.0. The van der Waals surface area contributed by atoms with E-state index in [-0.39, 0.29) is 28.9 Å². The van der Waals surface area contributed by atoms with Crippen LogP contribution in [0.25, 0.3) is 0 Å². The van der Waals surface area contributed by atoms with Gasteiger partial charge < -0.3 is 14.6 Å². The lowest BCUT2D eigenvalue weighted by Gasteiger charge is -2.10. The second kappa shape index (κ2) is 7.63. The molecule has 0 spiro atoms. The van der Waals surface area contributed by atoms with E-state index in [0.29, 0.717) is 10.8 Å². The third kappa shape index (κ3) is 3.89. The quantitative estimate of drug-likeness (QED) is 0.677. The fourth-order valence-electron chi connectivity index (χ4n) is 2.21. The second-order valence-corrected chi connectivity index (χ2v) is 6.07. The number of rotatable bonds is 6. The number of carboxylic acids is 1. The van der Waals surface area contributed by atoms with Gasteiger partial charge in [-0.15, -0.1) is 5.10 Å². The van der Waals surface area contributed by atoms with Gasteiger partial charge in [0.2, 0.25) is 5.69 Å². The molecule has 0 unspecified atom stereocenters. The van der Waals surface area contributed by atoms with Crippen LogP contribution < -0.4 is 9.47 Å². The van der Waals surface area contributed by atoms with Crippen molar-refractivity contribution in [3.05, 3.63) is 63.8 Å². The Kier molecular flexibility index (Phi) is 5.29. The van der Waals surface area contributed by atoms with E-state index >= 15 is 0 Å². The lowest BCUT2D eigenvalue weighted by atomic mass is 10.2. The first-order valence-electron chi connectivity index (χ1n) is 7.40. The van der Waals surface area contributed by atoms with Crippen LogP contribution in [0.1, 0.15) is 16.1 Å². The van der Waals surface area contributed by atoms with Gasteiger partial charge in [0.15, 0.2) is 0 Å². The number of carboxylic acid groups (broad SMARTS) is 1. The van der Waals surface area contributed by atoms with E-state index in [1.54, 1.807) is 31.4 Å². The summed E-state index contributed by atoms with van der Waals surface area (Å²) < 4.78 is 12.1. The molecule has 2 aromatic carbocycles. The zero-order valence-electron chi connectivity index (χ0n) is 13.5. The van der Waals surface area contributed by atoms with Crippen LogP contribution in [0.2, 0.25) is 10.0 Å². The number of ether oxygens (including phenoxy) is 2. The van der Waals surface area contributed by atoms with Gasteiger partial charge in [-0.05, 0) is 35.9 Å². The lowest BCUT2D eigenvalue weighted by Crippen LogP contribution is -2.06. The van der Waals surface area contributed by atoms with E-state index in [9.17, 15) is 9.90 Å². The number of hydrogen-bond donors (Lipinski definition) is 1. The Labute approximate surface area is 158 Å². The number of halogens is 2. The molecular formula is C17H13Cl2N3O4. The minimum atomic E-state index is -1.26. The normalized spacial score (nSPS) is 10.6. The van der Waals surface area contributed by atoms with Gasteiger partial charge in [0, 0.05) is 5.02 Å². The molecule has 0 atom stereocenters. The SMILES string of the molecule is COc1ccc(Cn2nnc(C(=O)O)c2Oc2ccc(Cl)cc2Cl)cc1. The molecule has 0 saturated heterocycles. The van der Waals surface area contributed by atoms with Gasteiger partial charge in [-0.1, -0.05) is 40.5 Å². The Morgan fingerprint density at radius 2 is 1.92 bits per heavy atom. The number of methoxy groups -OCH3 is 1. The Bertz CT molecular complexity index is 942. The zero-order chi connectivity index (χ0) is 18.7. The predicted molar refractivity (Wildman–Crippen MR) is 95.6 cm³/mol. The van der Waals surface area contributed by atoms with Crippen molar-refractivity contribution in [1.82, 2.24) is 15.0 Å². The molecule has 0 saturated carbocycles. The molecule has 0 aliphatic rings. The zero-order valence-corrected chi connectivity index (χ0v) is 15.0. The number of aromatic carboxylic acids is 1. The molecule has 0 amide bonds. The van der Waals surface area contributed by atoms with Crippen molar-refractivity contribution >= 4 is 29.2 Å². The van der Waals surface area contributed by atoms with Crippen molar-refractivity contribution in [2.24, 2.45) is 0 Å². The van der Waals surface area contributed by atoms with Crippen LogP contribution in [-0.2, 0) is 6.54 Å². The number of carbonyl (C=O) groups is 1. The van der Waals surface area contributed by atoms with Crippen LogP contribution in [0, 0.1) is 0 Å². The number of benzene rings is 2. The monoisotopic (exact) mass is 393 g/mol. The molecule has 0 aliphatic carbocycles. The minimum Gasteiger partial charge on any atom is -0.497 e. The summed E-state index contributed by atoms with van der Waals surface area (Å²) in [5, 5.41) is 17.6. The maximum absolute atomic E-state index is 11.4. The maximum Gasteiger partial charge on any atom is 0.362 e. The molecule has 134 valence electrons. The molecule has 0 fully saturated rings. The topological polar surface area (TPSA) is 86.5 Å². The summed E-state index contributed by atoms with van der Waals surface area (Å²) in [6.45, 7) is 0.255. The fraction of sp³-hybridized carbons (Fsp3) is 0.118.